The van der Waals surface area contributed by atoms with Crippen LogP contribution in [-0.2, 0) is 9.53 Å². The van der Waals surface area contributed by atoms with Crippen molar-refractivity contribution in [2.24, 2.45) is 5.92 Å². The number of rotatable bonds is 3. The maximum Gasteiger partial charge on any atom is 0.319 e. The van der Waals surface area contributed by atoms with E-state index in [1.54, 1.807) is 0 Å². The number of benzene rings is 1. The molecule has 1 fully saturated rings. The number of esters is 1. The number of methoxy groups -OCH3 is 1. The van der Waals surface area contributed by atoms with E-state index in [0.29, 0.717) is 0 Å². The second-order valence-corrected chi connectivity index (χ2v) is 4.60. The van der Waals surface area contributed by atoms with E-state index in [9.17, 15) is 24.8 Å². The number of non-ortho nitro benzene ring substituents is 1. The molecular formula is C13H13N3O6. The zero-order valence-electron chi connectivity index (χ0n) is 11.5. The molecule has 2 amide bonds. The molecule has 0 aliphatic carbocycles. The number of aromatic hydroxyl groups is 1. The summed E-state index contributed by atoms with van der Waals surface area (Å²) in [5.41, 5.74) is -0.179. The number of amides is 2. The van der Waals surface area contributed by atoms with E-state index in [1.807, 2.05) is 0 Å². The van der Waals surface area contributed by atoms with Crippen molar-refractivity contribution in [2.45, 2.75) is 6.04 Å². The largest absolute Gasteiger partial charge is 0.508 e. The van der Waals surface area contributed by atoms with Crippen molar-refractivity contribution in [3.05, 3.63) is 46.2 Å². The van der Waals surface area contributed by atoms with E-state index in [-0.39, 0.29) is 22.7 Å². The number of nitro groups is 1. The van der Waals surface area contributed by atoms with E-state index >= 15 is 0 Å². The molecule has 0 radical (unpaired) electrons. The van der Waals surface area contributed by atoms with E-state index in [1.165, 1.54) is 0 Å². The van der Waals surface area contributed by atoms with Crippen LogP contribution < -0.4 is 10.6 Å². The third kappa shape index (κ3) is 2.68. The first-order valence-corrected chi connectivity index (χ1v) is 6.16. The number of carbonyl (C=O) groups is 2. The van der Waals surface area contributed by atoms with Crippen molar-refractivity contribution in [3.8, 4) is 5.75 Å². The summed E-state index contributed by atoms with van der Waals surface area (Å²) in [4.78, 5) is 33.7. The minimum Gasteiger partial charge on any atom is -0.508 e. The Morgan fingerprint density at radius 2 is 2.18 bits per heavy atom. The van der Waals surface area contributed by atoms with Gasteiger partial charge in [0.05, 0.1) is 18.1 Å². The van der Waals surface area contributed by atoms with Crippen LogP contribution in [0, 0.1) is 16.0 Å². The molecule has 116 valence electrons. The van der Waals surface area contributed by atoms with Crippen LogP contribution in [0.2, 0.25) is 0 Å². The highest BCUT2D eigenvalue weighted by Gasteiger charge is 2.40. The maximum atomic E-state index is 11.9. The highest BCUT2D eigenvalue weighted by atomic mass is 16.6. The molecule has 0 spiro atoms. The third-order valence-electron chi connectivity index (χ3n) is 3.28. The molecule has 1 aromatic rings. The van der Waals surface area contributed by atoms with Crippen LogP contribution in [0.15, 0.2) is 30.5 Å². The maximum absolute atomic E-state index is 11.9. The lowest BCUT2D eigenvalue weighted by molar-refractivity contribution is -0.385. The topological polar surface area (TPSA) is 131 Å². The van der Waals surface area contributed by atoms with Gasteiger partial charge in [-0.3, -0.25) is 14.9 Å². The lowest BCUT2D eigenvalue weighted by Crippen LogP contribution is -2.51. The Kier molecular flexibility index (Phi) is 3.97. The number of urea groups is 1. The summed E-state index contributed by atoms with van der Waals surface area (Å²) >= 11 is 0. The van der Waals surface area contributed by atoms with Gasteiger partial charge < -0.3 is 20.5 Å². The lowest BCUT2D eigenvalue weighted by atomic mass is 9.88. The van der Waals surface area contributed by atoms with Gasteiger partial charge in [-0.15, -0.1) is 0 Å². The van der Waals surface area contributed by atoms with Crippen molar-refractivity contribution >= 4 is 17.7 Å². The van der Waals surface area contributed by atoms with Crippen molar-refractivity contribution < 1.29 is 24.4 Å². The minimum absolute atomic E-state index is 0.0283. The SMILES string of the molecule is C=C1NC(=O)N[C@H](c2cc([N+](=O)[O-])ccc2O)[C@H]1C(=O)OC. The minimum atomic E-state index is -1.03. The van der Waals surface area contributed by atoms with Crippen LogP contribution in [0.3, 0.4) is 0 Å². The van der Waals surface area contributed by atoms with Gasteiger partial charge in [-0.1, -0.05) is 6.58 Å². The quantitative estimate of drug-likeness (QED) is 0.433. The highest BCUT2D eigenvalue weighted by molar-refractivity contribution is 5.85. The number of nitrogens with zero attached hydrogens (tertiary/aromatic N) is 1. The van der Waals surface area contributed by atoms with Gasteiger partial charge in [0.25, 0.3) is 5.69 Å². The number of nitrogens with one attached hydrogen (secondary N) is 2. The van der Waals surface area contributed by atoms with Crippen molar-refractivity contribution in [1.29, 1.82) is 0 Å². The van der Waals surface area contributed by atoms with Gasteiger partial charge in [0, 0.05) is 23.4 Å². The molecule has 2 atom stereocenters. The average molecular weight is 307 g/mol. The fourth-order valence-corrected chi connectivity index (χ4v) is 2.25. The summed E-state index contributed by atoms with van der Waals surface area (Å²) in [5.74, 6) is -2.02. The van der Waals surface area contributed by atoms with Crippen LogP contribution in [0.1, 0.15) is 11.6 Å². The van der Waals surface area contributed by atoms with Gasteiger partial charge in [0.2, 0.25) is 0 Å². The smallest absolute Gasteiger partial charge is 0.319 e. The molecule has 9 nitrogen and oxygen atoms in total. The zero-order valence-corrected chi connectivity index (χ0v) is 11.5. The summed E-state index contributed by atoms with van der Waals surface area (Å²) in [6, 6.07) is 1.66. The summed E-state index contributed by atoms with van der Waals surface area (Å²) in [7, 11) is 1.16. The van der Waals surface area contributed by atoms with Gasteiger partial charge in [-0.05, 0) is 6.07 Å². The standard InChI is InChI=1S/C13H13N3O6/c1-6-10(12(18)22-2)11(15-13(19)14-6)8-5-7(16(20)21)3-4-9(8)17/h3-5,10-11,17H,1H2,2H3,(H2,14,15,19)/t10-,11+/m0/s1. The summed E-state index contributed by atoms with van der Waals surface area (Å²) in [5, 5.41) is 25.6. The molecule has 3 N–H and O–H groups in total. The average Bonchev–Trinajstić information content (AvgIpc) is 2.46. The van der Waals surface area contributed by atoms with Crippen molar-refractivity contribution in [2.75, 3.05) is 7.11 Å². The normalized spacial score (nSPS) is 20.8. The fourth-order valence-electron chi connectivity index (χ4n) is 2.25. The molecule has 0 saturated carbocycles. The highest BCUT2D eigenvalue weighted by Crippen LogP contribution is 2.36. The lowest BCUT2D eigenvalue weighted by Gasteiger charge is -2.33. The predicted molar refractivity (Wildman–Crippen MR) is 73.8 cm³/mol. The Morgan fingerprint density at radius 1 is 1.50 bits per heavy atom. The first-order valence-electron chi connectivity index (χ1n) is 6.16. The van der Waals surface area contributed by atoms with Crippen LogP contribution >= 0.6 is 0 Å². The molecule has 0 unspecified atom stereocenters. The van der Waals surface area contributed by atoms with Crippen molar-refractivity contribution in [1.82, 2.24) is 10.6 Å². The Labute approximate surface area is 124 Å². The summed E-state index contributed by atoms with van der Waals surface area (Å²) < 4.78 is 4.66. The molecule has 1 aromatic carbocycles. The van der Waals surface area contributed by atoms with E-state index in [0.717, 1.165) is 25.3 Å². The van der Waals surface area contributed by atoms with Gasteiger partial charge in [-0.2, -0.15) is 0 Å². The molecule has 0 bridgehead atoms. The predicted octanol–water partition coefficient (Wildman–Crippen LogP) is 0.957. The second-order valence-electron chi connectivity index (χ2n) is 4.60. The van der Waals surface area contributed by atoms with E-state index < -0.39 is 28.9 Å². The molecule has 9 heteroatoms. The number of nitro benzene ring substituents is 1. The number of hydrogen-bond acceptors (Lipinski definition) is 6. The molecular weight excluding hydrogens is 294 g/mol. The fraction of sp³-hybridized carbons (Fsp3) is 0.231. The second kappa shape index (κ2) is 5.72. The van der Waals surface area contributed by atoms with Crippen molar-refractivity contribution in [3.63, 3.8) is 0 Å². The van der Waals surface area contributed by atoms with Gasteiger partial charge in [0.15, 0.2) is 0 Å². The van der Waals surface area contributed by atoms with Crippen LogP contribution in [0.4, 0.5) is 10.5 Å². The Balaban J connectivity index is 2.52. The zero-order chi connectivity index (χ0) is 16.4. The Bertz CT molecular complexity index is 672. The van der Waals surface area contributed by atoms with E-state index in [4.69, 9.17) is 0 Å². The molecule has 1 aliphatic rings. The monoisotopic (exact) mass is 307 g/mol. The molecule has 1 aliphatic heterocycles. The first-order chi connectivity index (χ1) is 10.3. The van der Waals surface area contributed by atoms with Gasteiger partial charge in [0.1, 0.15) is 11.7 Å². The number of carbonyl (C=O) groups excluding carboxylic acids is 2. The number of hydrogen-bond donors (Lipinski definition) is 3. The Hall–Kier alpha value is -3.10. The third-order valence-corrected chi connectivity index (χ3v) is 3.28. The van der Waals surface area contributed by atoms with Crippen LogP contribution in [0.25, 0.3) is 0 Å². The van der Waals surface area contributed by atoms with E-state index in [2.05, 4.69) is 21.9 Å². The number of phenolic OH excluding ortho intramolecular Hbond substituents is 1. The molecule has 0 aromatic heterocycles. The Morgan fingerprint density at radius 3 is 2.77 bits per heavy atom. The molecule has 1 heterocycles. The molecule has 2 rings (SSSR count). The molecule has 22 heavy (non-hydrogen) atoms. The van der Waals surface area contributed by atoms with Gasteiger partial charge in [-0.25, -0.2) is 4.79 Å². The first kappa shape index (κ1) is 15.3. The number of ether oxygens (including phenoxy) is 1. The summed E-state index contributed by atoms with van der Waals surface area (Å²) in [6.45, 7) is 3.59. The van der Waals surface area contributed by atoms with Crippen LogP contribution in [0.5, 0.6) is 5.75 Å². The van der Waals surface area contributed by atoms with Gasteiger partial charge >= 0.3 is 12.0 Å². The molecule has 1 saturated heterocycles. The number of phenols is 1. The van der Waals surface area contributed by atoms with Crippen LogP contribution in [-0.4, -0.2) is 29.1 Å². The summed E-state index contributed by atoms with van der Waals surface area (Å²) in [6.07, 6.45) is 0.